The number of rotatable bonds is 2. The number of aliphatic carboxylic acids is 1. The number of carbonyl (C=O) groups is 1. The molecule has 0 unspecified atom stereocenters. The molecule has 0 aliphatic heterocycles. The average molecular weight is 299 g/mol. The molecule has 8 nitrogen and oxygen atoms in total. The largest absolute Gasteiger partial charge is 2.00 e. The molecule has 10 heteroatoms. The van der Waals surface area contributed by atoms with Crippen molar-refractivity contribution in [1.82, 2.24) is 0 Å². The van der Waals surface area contributed by atoms with Gasteiger partial charge in [0.15, 0.2) is 0 Å². The number of nitrogens with two attached hydrogens (primary N) is 1. The van der Waals surface area contributed by atoms with Gasteiger partial charge in [-0.05, 0) is 5.92 Å². The fourth-order valence-corrected chi connectivity index (χ4v) is 0.285. The molecule has 2 radical (unpaired) electrons. The molecule has 0 aromatic heterocycles. The summed E-state index contributed by atoms with van der Waals surface area (Å²) in [5.74, 6) is -0.910. The van der Waals surface area contributed by atoms with Gasteiger partial charge in [-0.2, -0.15) is 0 Å². The summed E-state index contributed by atoms with van der Waals surface area (Å²) < 4.78 is 0. The molecule has 0 amide bonds. The maximum atomic E-state index is 10.0. The SMILES string of the molecule is CC(C)[C@H](N)C(=O)O.[O-2].[O-2].[O-2].[O-2].[O-2].[V].[V]. The molecule has 3 N–H and O–H groups in total. The van der Waals surface area contributed by atoms with Crippen LogP contribution >= 0.6 is 0 Å². The number of hydrogen-bond acceptors (Lipinski definition) is 2. The molecule has 0 aromatic rings. The second-order valence-corrected chi connectivity index (χ2v) is 2.11. The quantitative estimate of drug-likeness (QED) is 0.688. The second-order valence-electron chi connectivity index (χ2n) is 2.11. The molecule has 98 valence electrons. The zero-order chi connectivity index (χ0) is 6.73. The Morgan fingerprint density at radius 2 is 1.20 bits per heavy atom. The minimum atomic E-state index is -0.931. The summed E-state index contributed by atoms with van der Waals surface area (Å²) in [7, 11) is 0. The van der Waals surface area contributed by atoms with Crippen LogP contribution in [0.15, 0.2) is 0 Å². The molecular formula is C5H11NO7V2-10. The third kappa shape index (κ3) is 31.4. The number of hydrogen-bond donors (Lipinski definition) is 2. The third-order valence-corrected chi connectivity index (χ3v) is 1.00. The third-order valence-electron chi connectivity index (χ3n) is 1.00. The van der Waals surface area contributed by atoms with Gasteiger partial charge in [0.25, 0.3) is 0 Å². The van der Waals surface area contributed by atoms with Gasteiger partial charge in [0.05, 0.1) is 0 Å². The standard InChI is InChI=1S/C5H11NO2.5O.2V/c1-3(2)4(6)5(7)8;;;;;;;/h3-4H,6H2,1-2H3,(H,7,8);;;;;;;/q;5*-2;;/t4-;;;;;;;/m0......./s1. The molecule has 15 heavy (non-hydrogen) atoms. The summed E-state index contributed by atoms with van der Waals surface area (Å²) in [5, 5.41) is 8.23. The van der Waals surface area contributed by atoms with Crippen LogP contribution in [0.4, 0.5) is 0 Å². The molecule has 0 heterocycles. The molecule has 0 bridgehead atoms. The van der Waals surface area contributed by atoms with E-state index in [2.05, 4.69) is 0 Å². The normalized spacial score (nSPS) is 7.47. The van der Waals surface area contributed by atoms with Crippen LogP contribution in [0.1, 0.15) is 13.8 Å². The molecule has 0 aliphatic rings. The van der Waals surface area contributed by atoms with Crippen LogP contribution in [0.2, 0.25) is 0 Å². The van der Waals surface area contributed by atoms with Crippen LogP contribution in [0, 0.1) is 5.92 Å². The van der Waals surface area contributed by atoms with E-state index in [1.807, 2.05) is 0 Å². The van der Waals surface area contributed by atoms with Crippen molar-refractivity contribution in [3.8, 4) is 0 Å². The van der Waals surface area contributed by atoms with E-state index in [-0.39, 0.29) is 70.4 Å². The summed E-state index contributed by atoms with van der Waals surface area (Å²) in [5.41, 5.74) is 5.16. The van der Waals surface area contributed by atoms with Crippen molar-refractivity contribution >= 4 is 5.97 Å². The molecule has 0 saturated heterocycles. The van der Waals surface area contributed by atoms with Crippen LogP contribution in [0.25, 0.3) is 0 Å². The van der Waals surface area contributed by atoms with Crippen molar-refractivity contribution < 1.29 is 74.4 Å². The molecular weight excluding hydrogens is 288 g/mol. The van der Waals surface area contributed by atoms with Gasteiger partial charge in [-0.15, -0.1) is 0 Å². The van der Waals surface area contributed by atoms with Crippen LogP contribution in [-0.2, 0) is 69.3 Å². The Labute approximate surface area is 112 Å². The van der Waals surface area contributed by atoms with Crippen molar-refractivity contribution in [1.29, 1.82) is 0 Å². The van der Waals surface area contributed by atoms with Crippen molar-refractivity contribution in [3.05, 3.63) is 0 Å². The fraction of sp³-hybridized carbons (Fsp3) is 0.800. The van der Waals surface area contributed by atoms with Crippen LogP contribution in [0.3, 0.4) is 0 Å². The predicted molar refractivity (Wildman–Crippen MR) is 33.9 cm³/mol. The van der Waals surface area contributed by atoms with Crippen molar-refractivity contribution in [2.75, 3.05) is 0 Å². The maximum Gasteiger partial charge on any atom is 0.320 e. The van der Waals surface area contributed by atoms with E-state index >= 15 is 0 Å². The van der Waals surface area contributed by atoms with Crippen LogP contribution < -0.4 is 5.73 Å². The molecule has 0 rings (SSSR count). The number of carboxylic acids is 1. The van der Waals surface area contributed by atoms with Gasteiger partial charge in [0, 0.05) is 37.1 Å². The van der Waals surface area contributed by atoms with Crippen LogP contribution in [-0.4, -0.2) is 17.1 Å². The van der Waals surface area contributed by atoms with Gasteiger partial charge >= 0.3 is 5.97 Å². The summed E-state index contributed by atoms with van der Waals surface area (Å²) >= 11 is 0. The summed E-state index contributed by atoms with van der Waals surface area (Å²) in [6.45, 7) is 3.55. The summed E-state index contributed by atoms with van der Waals surface area (Å²) in [6.07, 6.45) is 0. The minimum Gasteiger partial charge on any atom is -2.00 e. The van der Waals surface area contributed by atoms with Crippen molar-refractivity contribution in [2.24, 2.45) is 11.7 Å². The molecule has 0 aromatic carbocycles. The van der Waals surface area contributed by atoms with E-state index in [0.717, 1.165) is 0 Å². The Balaban J connectivity index is -0.0000000117. The smallest absolute Gasteiger partial charge is 0.320 e. The first-order valence-corrected chi connectivity index (χ1v) is 2.54. The Hall–Kier alpha value is 0.399. The average Bonchev–Trinajstić information content (AvgIpc) is 1.64. The fourth-order valence-electron chi connectivity index (χ4n) is 0.285. The Morgan fingerprint density at radius 3 is 1.20 bits per heavy atom. The van der Waals surface area contributed by atoms with Gasteiger partial charge in [0.1, 0.15) is 6.04 Å². The first kappa shape index (κ1) is 58.3. The van der Waals surface area contributed by atoms with Crippen LogP contribution in [0.5, 0.6) is 0 Å². The summed E-state index contributed by atoms with van der Waals surface area (Å²) in [6, 6.07) is -0.713. The molecule has 0 spiro atoms. The van der Waals surface area contributed by atoms with Gasteiger partial charge in [-0.1, -0.05) is 13.8 Å². The predicted octanol–water partition coefficient (Wildman–Crippen LogP) is -0.545. The summed E-state index contributed by atoms with van der Waals surface area (Å²) in [4.78, 5) is 10.0. The zero-order valence-electron chi connectivity index (χ0n) is 8.02. The van der Waals surface area contributed by atoms with Gasteiger partial charge in [-0.25, -0.2) is 0 Å². The van der Waals surface area contributed by atoms with E-state index < -0.39 is 12.0 Å². The molecule has 0 fully saturated rings. The Morgan fingerprint density at radius 1 is 1.00 bits per heavy atom. The van der Waals surface area contributed by atoms with Gasteiger partial charge < -0.3 is 38.2 Å². The zero-order valence-corrected chi connectivity index (χ0v) is 10.8. The first-order valence-electron chi connectivity index (χ1n) is 2.54. The maximum absolute atomic E-state index is 10.0. The number of carboxylic acid groups (broad SMARTS) is 1. The van der Waals surface area contributed by atoms with Crippen molar-refractivity contribution in [2.45, 2.75) is 19.9 Å². The topological polar surface area (TPSA) is 206 Å². The van der Waals surface area contributed by atoms with Gasteiger partial charge in [-0.3, -0.25) is 4.79 Å². The monoisotopic (exact) mass is 299 g/mol. The molecule has 0 aliphatic carbocycles. The molecule has 0 saturated carbocycles. The Kier molecular flexibility index (Phi) is 114. The van der Waals surface area contributed by atoms with Crippen molar-refractivity contribution in [3.63, 3.8) is 0 Å². The van der Waals surface area contributed by atoms with E-state index in [4.69, 9.17) is 10.8 Å². The second kappa shape index (κ2) is 29.3. The van der Waals surface area contributed by atoms with E-state index in [1.54, 1.807) is 13.8 Å². The van der Waals surface area contributed by atoms with Gasteiger partial charge in [0.2, 0.25) is 0 Å². The Bertz CT molecular complexity index is 105. The minimum absolute atomic E-state index is 0. The van der Waals surface area contributed by atoms with E-state index in [9.17, 15) is 4.79 Å². The van der Waals surface area contributed by atoms with E-state index in [1.165, 1.54) is 0 Å². The van der Waals surface area contributed by atoms with E-state index in [0.29, 0.717) is 0 Å². The molecule has 1 atom stereocenters. The first-order chi connectivity index (χ1) is 3.55.